The number of rotatable bonds is 5. The molecule has 2 rings (SSSR count). The Morgan fingerprint density at radius 1 is 1.16 bits per heavy atom. The number of carbonyl (C=O) groups excluding carboxylic acids is 1. The van der Waals surface area contributed by atoms with E-state index in [1.807, 2.05) is 12.1 Å². The Morgan fingerprint density at radius 2 is 1.89 bits per heavy atom. The molecule has 1 aromatic rings. The Morgan fingerprint density at radius 3 is 2.58 bits per heavy atom. The van der Waals surface area contributed by atoms with Gasteiger partial charge < -0.3 is 4.74 Å². The van der Waals surface area contributed by atoms with Gasteiger partial charge in [0.25, 0.3) is 0 Å². The van der Waals surface area contributed by atoms with Crippen LogP contribution in [0.3, 0.4) is 0 Å². The van der Waals surface area contributed by atoms with Gasteiger partial charge in [-0.1, -0.05) is 25.3 Å². The molecule has 19 heavy (non-hydrogen) atoms. The monoisotopic (exact) mass is 260 g/mol. The molecule has 0 atom stereocenters. The van der Waals surface area contributed by atoms with Crippen molar-refractivity contribution >= 4 is 5.78 Å². The first-order valence-electron chi connectivity index (χ1n) is 7.39. The maximum Gasteiger partial charge on any atom is 0.139 e. The van der Waals surface area contributed by atoms with Gasteiger partial charge in [0.2, 0.25) is 0 Å². The molecule has 0 aliphatic heterocycles. The first kappa shape index (κ1) is 14.1. The number of aryl methyl sites for hydroxylation is 2. The van der Waals surface area contributed by atoms with Crippen LogP contribution in [0.25, 0.3) is 0 Å². The second-order valence-electron chi connectivity index (χ2n) is 5.65. The van der Waals surface area contributed by atoms with E-state index in [1.54, 1.807) is 0 Å². The lowest BCUT2D eigenvalue weighted by Crippen LogP contribution is -2.19. The summed E-state index contributed by atoms with van der Waals surface area (Å²) in [4.78, 5) is 12.0. The fourth-order valence-electron chi connectivity index (χ4n) is 2.70. The molecular formula is C17H24O2. The predicted molar refractivity (Wildman–Crippen MR) is 77.6 cm³/mol. The highest BCUT2D eigenvalue weighted by molar-refractivity contribution is 5.81. The highest BCUT2D eigenvalue weighted by Crippen LogP contribution is 2.25. The van der Waals surface area contributed by atoms with E-state index in [0.717, 1.165) is 18.6 Å². The molecule has 2 nitrogen and oxygen atoms in total. The quantitative estimate of drug-likeness (QED) is 0.792. The van der Waals surface area contributed by atoms with E-state index in [0.29, 0.717) is 24.7 Å². The first-order valence-corrected chi connectivity index (χ1v) is 7.39. The smallest absolute Gasteiger partial charge is 0.139 e. The van der Waals surface area contributed by atoms with Crippen LogP contribution in [0.5, 0.6) is 5.75 Å². The van der Waals surface area contributed by atoms with Crippen molar-refractivity contribution in [2.75, 3.05) is 6.61 Å². The summed E-state index contributed by atoms with van der Waals surface area (Å²) in [6.45, 7) is 4.68. The minimum atomic E-state index is 0.303. The highest BCUT2D eigenvalue weighted by atomic mass is 16.5. The van der Waals surface area contributed by atoms with E-state index in [-0.39, 0.29) is 0 Å². The zero-order valence-corrected chi connectivity index (χ0v) is 12.1. The summed E-state index contributed by atoms with van der Waals surface area (Å²) in [6.07, 6.45) is 6.45. The van der Waals surface area contributed by atoms with Crippen LogP contribution < -0.4 is 4.74 Å². The normalized spacial score (nSPS) is 16.3. The zero-order valence-electron chi connectivity index (χ0n) is 12.1. The summed E-state index contributed by atoms with van der Waals surface area (Å²) >= 11 is 0. The second-order valence-corrected chi connectivity index (χ2v) is 5.65. The third-order valence-electron chi connectivity index (χ3n) is 4.16. The van der Waals surface area contributed by atoms with E-state index < -0.39 is 0 Å². The van der Waals surface area contributed by atoms with Crippen LogP contribution in [-0.2, 0) is 4.79 Å². The van der Waals surface area contributed by atoms with Crippen molar-refractivity contribution in [1.29, 1.82) is 0 Å². The van der Waals surface area contributed by atoms with Crippen LogP contribution in [0.2, 0.25) is 0 Å². The Balaban J connectivity index is 1.76. The lowest BCUT2D eigenvalue weighted by atomic mass is 9.85. The van der Waals surface area contributed by atoms with E-state index in [2.05, 4.69) is 19.9 Å². The first-order chi connectivity index (χ1) is 9.16. The number of hydrogen-bond acceptors (Lipinski definition) is 2. The summed E-state index contributed by atoms with van der Waals surface area (Å²) < 4.78 is 5.68. The summed E-state index contributed by atoms with van der Waals surface area (Å²) in [5.74, 6) is 1.57. The lowest BCUT2D eigenvalue weighted by molar-refractivity contribution is -0.124. The molecule has 104 valence electrons. The number of Topliss-reactive ketones (excluding diaryl/α,β-unsaturated/α-hetero) is 1. The highest BCUT2D eigenvalue weighted by Gasteiger charge is 2.20. The maximum atomic E-state index is 12.0. The van der Waals surface area contributed by atoms with Crippen molar-refractivity contribution in [2.45, 2.75) is 52.4 Å². The van der Waals surface area contributed by atoms with Crippen LogP contribution >= 0.6 is 0 Å². The minimum absolute atomic E-state index is 0.303. The van der Waals surface area contributed by atoms with E-state index in [1.165, 1.54) is 30.4 Å². The molecule has 1 saturated carbocycles. The molecule has 1 aliphatic carbocycles. The molecule has 0 N–H and O–H groups in total. The average molecular weight is 260 g/mol. The molecule has 0 bridgehead atoms. The van der Waals surface area contributed by atoms with Gasteiger partial charge in [-0.15, -0.1) is 0 Å². The summed E-state index contributed by atoms with van der Waals surface area (Å²) in [5, 5.41) is 0. The Kier molecular flexibility index (Phi) is 5.00. The van der Waals surface area contributed by atoms with Gasteiger partial charge in [-0.3, -0.25) is 4.79 Å². The number of ether oxygens (including phenoxy) is 1. The molecule has 0 spiro atoms. The molecule has 0 amide bonds. The Labute approximate surface area is 116 Å². The van der Waals surface area contributed by atoms with Crippen LogP contribution in [0.1, 0.15) is 49.7 Å². The maximum absolute atomic E-state index is 12.0. The summed E-state index contributed by atoms with van der Waals surface area (Å²) in [5.41, 5.74) is 2.50. The van der Waals surface area contributed by atoms with Crippen LogP contribution in [0.15, 0.2) is 18.2 Å². The third kappa shape index (κ3) is 4.09. The van der Waals surface area contributed by atoms with E-state index in [9.17, 15) is 4.79 Å². The molecule has 1 aromatic carbocycles. The number of benzene rings is 1. The molecule has 0 aromatic heterocycles. The molecule has 0 saturated heterocycles. The SMILES string of the molecule is Cc1ccc(OCCC(=O)C2CCCCC2)cc1C. The van der Waals surface area contributed by atoms with Gasteiger partial charge in [0, 0.05) is 12.3 Å². The molecule has 0 unspecified atom stereocenters. The zero-order chi connectivity index (χ0) is 13.7. The van der Waals surface area contributed by atoms with Crippen molar-refractivity contribution in [3.63, 3.8) is 0 Å². The number of hydrogen-bond donors (Lipinski definition) is 0. The van der Waals surface area contributed by atoms with Gasteiger partial charge in [0.05, 0.1) is 6.61 Å². The van der Waals surface area contributed by atoms with Crippen LogP contribution in [0, 0.1) is 19.8 Å². The fraction of sp³-hybridized carbons (Fsp3) is 0.588. The number of carbonyl (C=O) groups is 1. The predicted octanol–water partition coefficient (Wildman–Crippen LogP) is 4.22. The topological polar surface area (TPSA) is 26.3 Å². The minimum Gasteiger partial charge on any atom is -0.493 e. The third-order valence-corrected chi connectivity index (χ3v) is 4.16. The van der Waals surface area contributed by atoms with Gasteiger partial charge in [0.1, 0.15) is 11.5 Å². The molecule has 0 radical (unpaired) electrons. The fourth-order valence-corrected chi connectivity index (χ4v) is 2.70. The largest absolute Gasteiger partial charge is 0.493 e. The molecule has 2 heteroatoms. The second kappa shape index (κ2) is 6.74. The Bertz CT molecular complexity index is 431. The van der Waals surface area contributed by atoms with Crippen molar-refractivity contribution < 1.29 is 9.53 Å². The van der Waals surface area contributed by atoms with Gasteiger partial charge >= 0.3 is 0 Å². The summed E-state index contributed by atoms with van der Waals surface area (Å²) in [6, 6.07) is 6.08. The van der Waals surface area contributed by atoms with Crippen molar-refractivity contribution in [2.24, 2.45) is 5.92 Å². The molecular weight excluding hydrogens is 236 g/mol. The van der Waals surface area contributed by atoms with Crippen LogP contribution in [-0.4, -0.2) is 12.4 Å². The van der Waals surface area contributed by atoms with Crippen molar-refractivity contribution in [3.05, 3.63) is 29.3 Å². The number of ketones is 1. The molecule has 0 heterocycles. The van der Waals surface area contributed by atoms with Gasteiger partial charge in [-0.2, -0.15) is 0 Å². The molecule has 1 fully saturated rings. The van der Waals surface area contributed by atoms with Gasteiger partial charge in [0.15, 0.2) is 0 Å². The average Bonchev–Trinajstić information content (AvgIpc) is 2.43. The van der Waals surface area contributed by atoms with Crippen LogP contribution in [0.4, 0.5) is 0 Å². The van der Waals surface area contributed by atoms with Gasteiger partial charge in [-0.25, -0.2) is 0 Å². The standard InChI is InChI=1S/C17H24O2/c1-13-8-9-16(12-14(13)2)19-11-10-17(18)15-6-4-3-5-7-15/h8-9,12,15H,3-7,10-11H2,1-2H3. The Hall–Kier alpha value is -1.31. The van der Waals surface area contributed by atoms with Crippen molar-refractivity contribution in [3.8, 4) is 5.75 Å². The van der Waals surface area contributed by atoms with E-state index in [4.69, 9.17) is 4.74 Å². The van der Waals surface area contributed by atoms with E-state index >= 15 is 0 Å². The molecule has 1 aliphatic rings. The van der Waals surface area contributed by atoms with Gasteiger partial charge in [-0.05, 0) is 49.9 Å². The lowest BCUT2D eigenvalue weighted by Gasteiger charge is -2.20. The van der Waals surface area contributed by atoms with Crippen molar-refractivity contribution in [1.82, 2.24) is 0 Å². The summed E-state index contributed by atoms with van der Waals surface area (Å²) in [7, 11) is 0.